The maximum absolute atomic E-state index is 13.2. The van der Waals surface area contributed by atoms with Crippen molar-refractivity contribution in [3.63, 3.8) is 0 Å². The number of nitrogens with zero attached hydrogens (tertiary/aromatic N) is 1. The lowest BCUT2D eigenvalue weighted by molar-refractivity contribution is 0.131. The Labute approximate surface area is 108 Å². The normalized spacial score (nSPS) is 10.9. The molecule has 0 N–H and O–H groups in total. The summed E-state index contributed by atoms with van der Waals surface area (Å²) in [5.74, 6) is -1.79. The largest absolute Gasteiger partial charge is 0.391 e. The van der Waals surface area contributed by atoms with Gasteiger partial charge in [0.15, 0.2) is 0 Å². The van der Waals surface area contributed by atoms with Crippen LogP contribution >= 0.6 is 0 Å². The molecule has 0 saturated heterocycles. The van der Waals surface area contributed by atoms with Crippen molar-refractivity contribution in [2.24, 2.45) is 5.16 Å². The molecule has 0 atom stereocenters. The van der Waals surface area contributed by atoms with Crippen LogP contribution in [0.3, 0.4) is 0 Å². The summed E-state index contributed by atoms with van der Waals surface area (Å²) in [4.78, 5) is 4.86. The van der Waals surface area contributed by atoms with Gasteiger partial charge < -0.3 is 4.84 Å². The molecule has 0 saturated carbocycles. The lowest BCUT2D eigenvalue weighted by Gasteiger charge is -2.01. The Hall–Kier alpha value is -2.30. The number of hydrogen-bond donors (Lipinski definition) is 0. The van der Waals surface area contributed by atoms with Gasteiger partial charge >= 0.3 is 0 Å². The Morgan fingerprint density at radius 1 is 1.00 bits per heavy atom. The van der Waals surface area contributed by atoms with E-state index in [-0.39, 0.29) is 12.2 Å². The third kappa shape index (κ3) is 3.84. The van der Waals surface area contributed by atoms with Crippen molar-refractivity contribution in [1.82, 2.24) is 0 Å². The molecule has 0 aliphatic carbocycles. The fraction of sp³-hybridized carbons (Fsp3) is 0.0714. The molecule has 19 heavy (non-hydrogen) atoms. The minimum Gasteiger partial charge on any atom is -0.391 e. The van der Waals surface area contributed by atoms with Gasteiger partial charge in [0.1, 0.15) is 24.1 Å². The zero-order valence-corrected chi connectivity index (χ0v) is 9.82. The third-order valence-corrected chi connectivity index (χ3v) is 2.33. The van der Waals surface area contributed by atoms with Crippen LogP contribution < -0.4 is 0 Å². The maximum Gasteiger partial charge on any atom is 0.142 e. The highest BCUT2D eigenvalue weighted by Crippen LogP contribution is 2.09. The second kappa shape index (κ2) is 6.04. The maximum atomic E-state index is 13.2. The van der Waals surface area contributed by atoms with Crippen molar-refractivity contribution in [2.75, 3.05) is 0 Å². The Kier molecular flexibility index (Phi) is 4.18. The van der Waals surface area contributed by atoms with Crippen molar-refractivity contribution >= 4 is 6.21 Å². The lowest BCUT2D eigenvalue weighted by atomic mass is 10.2. The average molecular weight is 265 g/mol. The summed E-state index contributed by atoms with van der Waals surface area (Å²) in [7, 11) is 0. The van der Waals surface area contributed by atoms with Crippen molar-refractivity contribution in [3.05, 3.63) is 71.0 Å². The van der Waals surface area contributed by atoms with E-state index >= 15 is 0 Å². The molecule has 0 heterocycles. The zero-order valence-electron chi connectivity index (χ0n) is 9.82. The van der Waals surface area contributed by atoms with Gasteiger partial charge in [-0.1, -0.05) is 23.4 Å². The molecule has 2 aromatic carbocycles. The molecule has 0 aliphatic rings. The summed E-state index contributed by atoms with van der Waals surface area (Å²) < 4.78 is 38.9. The number of rotatable bonds is 4. The average Bonchev–Trinajstić information content (AvgIpc) is 2.35. The van der Waals surface area contributed by atoms with Gasteiger partial charge in [-0.15, -0.1) is 0 Å². The highest BCUT2D eigenvalue weighted by Gasteiger charge is 2.01. The first-order valence-corrected chi connectivity index (χ1v) is 5.50. The van der Waals surface area contributed by atoms with E-state index in [0.717, 1.165) is 18.2 Å². The SMILES string of the molecule is Fc1cc(F)cc(CON=Cc2ccccc2F)c1. The molecule has 0 aliphatic heterocycles. The second-order valence-corrected chi connectivity index (χ2v) is 3.81. The van der Waals surface area contributed by atoms with Gasteiger partial charge in [-0.2, -0.15) is 0 Å². The third-order valence-electron chi connectivity index (χ3n) is 2.33. The van der Waals surface area contributed by atoms with Gasteiger partial charge in [0, 0.05) is 11.6 Å². The molecule has 0 spiro atoms. The molecule has 5 heteroatoms. The van der Waals surface area contributed by atoms with E-state index in [1.807, 2.05) is 0 Å². The van der Waals surface area contributed by atoms with Crippen LogP contribution in [0.15, 0.2) is 47.6 Å². The molecule has 98 valence electrons. The Morgan fingerprint density at radius 2 is 1.68 bits per heavy atom. The van der Waals surface area contributed by atoms with Gasteiger partial charge in [0.05, 0.1) is 6.21 Å². The molecule has 0 aromatic heterocycles. The van der Waals surface area contributed by atoms with Gasteiger partial charge in [0.2, 0.25) is 0 Å². The highest BCUT2D eigenvalue weighted by molar-refractivity contribution is 5.79. The van der Waals surface area contributed by atoms with Gasteiger partial charge in [-0.05, 0) is 23.8 Å². The van der Waals surface area contributed by atoms with Crippen molar-refractivity contribution in [2.45, 2.75) is 6.61 Å². The van der Waals surface area contributed by atoms with E-state index in [9.17, 15) is 13.2 Å². The van der Waals surface area contributed by atoms with Crippen LogP contribution in [0.5, 0.6) is 0 Å². The first-order chi connectivity index (χ1) is 9.15. The number of benzene rings is 2. The molecular weight excluding hydrogens is 255 g/mol. The summed E-state index contributed by atoms with van der Waals surface area (Å²) >= 11 is 0. The minimum atomic E-state index is -0.684. The highest BCUT2D eigenvalue weighted by atomic mass is 19.1. The topological polar surface area (TPSA) is 21.6 Å². The number of hydrogen-bond acceptors (Lipinski definition) is 2. The van der Waals surface area contributed by atoms with E-state index in [1.165, 1.54) is 18.3 Å². The smallest absolute Gasteiger partial charge is 0.142 e. The van der Waals surface area contributed by atoms with Gasteiger partial charge in [0.25, 0.3) is 0 Å². The zero-order chi connectivity index (χ0) is 13.7. The van der Waals surface area contributed by atoms with E-state index in [1.54, 1.807) is 12.1 Å². The quantitative estimate of drug-likeness (QED) is 0.610. The molecule has 0 radical (unpaired) electrons. The molecular formula is C14H10F3NO. The molecule has 2 nitrogen and oxygen atoms in total. The Bertz CT molecular complexity index is 579. The molecule has 0 unspecified atom stereocenters. The van der Waals surface area contributed by atoms with Crippen LogP contribution in [0.1, 0.15) is 11.1 Å². The molecule has 0 fully saturated rings. The summed E-state index contributed by atoms with van der Waals surface area (Å²) in [5, 5.41) is 3.55. The van der Waals surface area contributed by atoms with Crippen LogP contribution in [0.4, 0.5) is 13.2 Å². The molecule has 2 rings (SSSR count). The van der Waals surface area contributed by atoms with Gasteiger partial charge in [-0.3, -0.25) is 0 Å². The molecule has 0 amide bonds. The second-order valence-electron chi connectivity index (χ2n) is 3.81. The standard InChI is InChI=1S/C14H10F3NO/c15-12-5-10(6-13(16)7-12)9-19-18-8-11-3-1-2-4-14(11)17/h1-8H,9H2. The van der Waals surface area contributed by atoms with Crippen LogP contribution in [-0.4, -0.2) is 6.21 Å². The van der Waals surface area contributed by atoms with E-state index < -0.39 is 17.5 Å². The fourth-order valence-electron chi connectivity index (χ4n) is 1.48. The van der Waals surface area contributed by atoms with E-state index in [0.29, 0.717) is 5.56 Å². The fourth-order valence-corrected chi connectivity index (χ4v) is 1.48. The van der Waals surface area contributed by atoms with Gasteiger partial charge in [-0.25, -0.2) is 13.2 Å². The Balaban J connectivity index is 1.95. The van der Waals surface area contributed by atoms with Crippen molar-refractivity contribution < 1.29 is 18.0 Å². The van der Waals surface area contributed by atoms with Crippen LogP contribution in [0.2, 0.25) is 0 Å². The number of halogens is 3. The lowest BCUT2D eigenvalue weighted by Crippen LogP contribution is -1.92. The predicted octanol–water partition coefficient (Wildman–Crippen LogP) is 3.65. The first-order valence-electron chi connectivity index (χ1n) is 5.50. The van der Waals surface area contributed by atoms with E-state index in [4.69, 9.17) is 4.84 Å². The predicted molar refractivity (Wildman–Crippen MR) is 65.1 cm³/mol. The summed E-state index contributed by atoms with van der Waals surface area (Å²) in [6, 6.07) is 9.10. The van der Waals surface area contributed by atoms with Crippen LogP contribution in [0, 0.1) is 17.5 Å². The summed E-state index contributed by atoms with van der Waals surface area (Å²) in [6.07, 6.45) is 1.20. The van der Waals surface area contributed by atoms with E-state index in [2.05, 4.69) is 5.16 Å². The first kappa shape index (κ1) is 13.1. The van der Waals surface area contributed by atoms with Crippen LogP contribution in [-0.2, 0) is 11.4 Å². The monoisotopic (exact) mass is 265 g/mol. The molecule has 2 aromatic rings. The van der Waals surface area contributed by atoms with Crippen molar-refractivity contribution in [3.8, 4) is 0 Å². The number of oxime groups is 1. The minimum absolute atomic E-state index is 0.0976. The summed E-state index contributed by atoms with van der Waals surface area (Å²) in [5.41, 5.74) is 0.580. The van der Waals surface area contributed by atoms with Crippen molar-refractivity contribution in [1.29, 1.82) is 0 Å². The summed E-state index contributed by atoms with van der Waals surface area (Å²) in [6.45, 7) is -0.0976. The molecule has 0 bridgehead atoms. The van der Waals surface area contributed by atoms with Crippen LogP contribution in [0.25, 0.3) is 0 Å². The Morgan fingerprint density at radius 3 is 2.37 bits per heavy atom.